The largest absolute Gasteiger partial charge is 0.353 e. The SMILES string of the molecule is CC(NC(=O)[C@@H]1CCC[C@@H]1CN)C1CCCC1.Cl. The highest BCUT2D eigenvalue weighted by Crippen LogP contribution is 2.32. The first-order valence-corrected chi connectivity index (χ1v) is 7.22. The summed E-state index contributed by atoms with van der Waals surface area (Å²) in [5, 5.41) is 3.23. The van der Waals surface area contributed by atoms with Gasteiger partial charge in [0.1, 0.15) is 0 Å². The molecule has 3 atom stereocenters. The Bertz CT molecular complexity index is 267. The van der Waals surface area contributed by atoms with E-state index in [9.17, 15) is 4.79 Å². The van der Waals surface area contributed by atoms with Crippen molar-refractivity contribution in [2.75, 3.05) is 6.54 Å². The summed E-state index contributed by atoms with van der Waals surface area (Å²) in [6.07, 6.45) is 8.56. The number of halogens is 1. The van der Waals surface area contributed by atoms with E-state index in [0.29, 0.717) is 24.4 Å². The Morgan fingerprint density at radius 1 is 1.22 bits per heavy atom. The van der Waals surface area contributed by atoms with Crippen molar-refractivity contribution in [3.8, 4) is 0 Å². The van der Waals surface area contributed by atoms with E-state index >= 15 is 0 Å². The summed E-state index contributed by atoms with van der Waals surface area (Å²) in [4.78, 5) is 12.2. The maximum Gasteiger partial charge on any atom is 0.223 e. The molecule has 2 fully saturated rings. The minimum atomic E-state index is 0. The Hall–Kier alpha value is -0.280. The summed E-state index contributed by atoms with van der Waals surface area (Å²) in [6.45, 7) is 2.83. The average molecular weight is 275 g/mol. The van der Waals surface area contributed by atoms with Crippen LogP contribution >= 0.6 is 12.4 Å². The second kappa shape index (κ2) is 7.34. The van der Waals surface area contributed by atoms with Crippen LogP contribution in [0.3, 0.4) is 0 Å². The maximum absolute atomic E-state index is 12.2. The highest BCUT2D eigenvalue weighted by atomic mass is 35.5. The predicted molar refractivity (Wildman–Crippen MR) is 76.7 cm³/mol. The number of hydrogen-bond donors (Lipinski definition) is 2. The summed E-state index contributed by atoms with van der Waals surface area (Å²) in [5.41, 5.74) is 5.73. The highest BCUT2D eigenvalue weighted by Gasteiger charge is 2.33. The molecule has 106 valence electrons. The third-order valence-corrected chi connectivity index (χ3v) is 4.78. The molecule has 18 heavy (non-hydrogen) atoms. The second-order valence-corrected chi connectivity index (χ2v) is 5.87. The molecule has 1 amide bonds. The molecule has 2 rings (SSSR count). The molecule has 3 N–H and O–H groups in total. The fourth-order valence-electron chi connectivity index (χ4n) is 3.57. The molecule has 0 heterocycles. The van der Waals surface area contributed by atoms with Crippen molar-refractivity contribution in [3.63, 3.8) is 0 Å². The number of hydrogen-bond acceptors (Lipinski definition) is 2. The molecule has 2 aliphatic carbocycles. The van der Waals surface area contributed by atoms with Crippen molar-refractivity contribution in [2.24, 2.45) is 23.5 Å². The van der Waals surface area contributed by atoms with Crippen LogP contribution in [-0.4, -0.2) is 18.5 Å². The first-order valence-electron chi connectivity index (χ1n) is 7.22. The Kier molecular flexibility index (Phi) is 6.44. The van der Waals surface area contributed by atoms with E-state index in [1.165, 1.54) is 25.7 Å². The normalized spacial score (nSPS) is 29.9. The van der Waals surface area contributed by atoms with Gasteiger partial charge in [-0.3, -0.25) is 4.79 Å². The van der Waals surface area contributed by atoms with Crippen LogP contribution in [0.2, 0.25) is 0 Å². The molecule has 2 saturated carbocycles. The molecule has 0 aromatic heterocycles. The minimum absolute atomic E-state index is 0. The van der Waals surface area contributed by atoms with Gasteiger partial charge in [-0.2, -0.15) is 0 Å². The van der Waals surface area contributed by atoms with Gasteiger partial charge in [-0.25, -0.2) is 0 Å². The fraction of sp³-hybridized carbons (Fsp3) is 0.929. The standard InChI is InChI=1S/C14H26N2O.ClH/c1-10(11-5-2-3-6-11)16-14(17)13-8-4-7-12(13)9-15;/h10-13H,2-9,15H2,1H3,(H,16,17);1H/t10?,12-,13-;/m1./s1. The lowest BCUT2D eigenvalue weighted by Crippen LogP contribution is -2.42. The Balaban J connectivity index is 0.00000162. The van der Waals surface area contributed by atoms with Crippen LogP contribution in [0.5, 0.6) is 0 Å². The van der Waals surface area contributed by atoms with E-state index in [4.69, 9.17) is 5.73 Å². The first kappa shape index (κ1) is 15.8. The first-order chi connectivity index (χ1) is 8.22. The summed E-state index contributed by atoms with van der Waals surface area (Å²) in [5.74, 6) is 1.57. The highest BCUT2D eigenvalue weighted by molar-refractivity contribution is 5.85. The van der Waals surface area contributed by atoms with E-state index in [-0.39, 0.29) is 24.2 Å². The van der Waals surface area contributed by atoms with E-state index in [1.807, 2.05) is 0 Å². The average Bonchev–Trinajstić information content (AvgIpc) is 2.99. The van der Waals surface area contributed by atoms with Gasteiger partial charge in [0.25, 0.3) is 0 Å². The lowest BCUT2D eigenvalue weighted by molar-refractivity contribution is -0.126. The molecular formula is C14H27ClN2O. The molecule has 0 saturated heterocycles. The van der Waals surface area contributed by atoms with Gasteiger partial charge in [-0.1, -0.05) is 19.3 Å². The molecule has 0 aromatic rings. The molecule has 1 unspecified atom stereocenters. The second-order valence-electron chi connectivity index (χ2n) is 5.87. The molecule has 4 heteroatoms. The van der Waals surface area contributed by atoms with Crippen LogP contribution in [0.25, 0.3) is 0 Å². The summed E-state index contributed by atoms with van der Waals surface area (Å²) < 4.78 is 0. The fourth-order valence-corrected chi connectivity index (χ4v) is 3.57. The molecule has 0 radical (unpaired) electrons. The predicted octanol–water partition coefficient (Wildman–Crippen LogP) is 2.48. The van der Waals surface area contributed by atoms with Crippen molar-refractivity contribution in [3.05, 3.63) is 0 Å². The van der Waals surface area contributed by atoms with Gasteiger partial charge in [0.15, 0.2) is 0 Å². The Morgan fingerprint density at radius 3 is 2.50 bits per heavy atom. The molecule has 2 aliphatic rings. The third kappa shape index (κ3) is 3.61. The molecule has 0 spiro atoms. The van der Waals surface area contributed by atoms with Crippen LogP contribution in [0, 0.1) is 17.8 Å². The molecule has 0 aliphatic heterocycles. The van der Waals surface area contributed by atoms with Gasteiger partial charge in [0, 0.05) is 12.0 Å². The van der Waals surface area contributed by atoms with Crippen molar-refractivity contribution in [2.45, 2.75) is 57.9 Å². The van der Waals surface area contributed by atoms with Crippen LogP contribution in [0.15, 0.2) is 0 Å². The minimum Gasteiger partial charge on any atom is -0.353 e. The number of amides is 1. The number of rotatable bonds is 4. The van der Waals surface area contributed by atoms with Gasteiger partial charge in [-0.05, 0) is 51.0 Å². The zero-order valence-electron chi connectivity index (χ0n) is 11.4. The van der Waals surface area contributed by atoms with Crippen LogP contribution in [0.4, 0.5) is 0 Å². The summed E-state index contributed by atoms with van der Waals surface area (Å²) in [6, 6.07) is 0.351. The van der Waals surface area contributed by atoms with Crippen LogP contribution < -0.4 is 11.1 Å². The zero-order valence-corrected chi connectivity index (χ0v) is 12.2. The lowest BCUT2D eigenvalue weighted by atomic mass is 9.93. The molecule has 0 bridgehead atoms. The Labute approximate surface area is 117 Å². The quantitative estimate of drug-likeness (QED) is 0.828. The summed E-state index contributed by atoms with van der Waals surface area (Å²) in [7, 11) is 0. The summed E-state index contributed by atoms with van der Waals surface area (Å²) >= 11 is 0. The van der Waals surface area contributed by atoms with Crippen molar-refractivity contribution in [1.29, 1.82) is 0 Å². The van der Waals surface area contributed by atoms with Gasteiger partial charge in [-0.15, -0.1) is 12.4 Å². The van der Waals surface area contributed by atoms with Crippen LogP contribution in [-0.2, 0) is 4.79 Å². The monoisotopic (exact) mass is 274 g/mol. The number of carbonyl (C=O) groups excluding carboxylic acids is 1. The molecule has 3 nitrogen and oxygen atoms in total. The Morgan fingerprint density at radius 2 is 1.89 bits per heavy atom. The molecule has 0 aromatic carbocycles. The third-order valence-electron chi connectivity index (χ3n) is 4.78. The number of nitrogens with two attached hydrogens (primary N) is 1. The van der Waals surface area contributed by atoms with E-state index in [1.54, 1.807) is 0 Å². The number of carbonyl (C=O) groups is 1. The van der Waals surface area contributed by atoms with Crippen molar-refractivity contribution in [1.82, 2.24) is 5.32 Å². The van der Waals surface area contributed by atoms with Gasteiger partial charge >= 0.3 is 0 Å². The van der Waals surface area contributed by atoms with E-state index in [0.717, 1.165) is 19.3 Å². The number of nitrogens with one attached hydrogen (secondary N) is 1. The maximum atomic E-state index is 12.2. The van der Waals surface area contributed by atoms with Crippen molar-refractivity contribution < 1.29 is 4.79 Å². The zero-order chi connectivity index (χ0) is 12.3. The van der Waals surface area contributed by atoms with Crippen molar-refractivity contribution >= 4 is 18.3 Å². The van der Waals surface area contributed by atoms with Crippen LogP contribution in [0.1, 0.15) is 51.9 Å². The van der Waals surface area contributed by atoms with E-state index in [2.05, 4.69) is 12.2 Å². The topological polar surface area (TPSA) is 55.1 Å². The van der Waals surface area contributed by atoms with Gasteiger partial charge in [0.2, 0.25) is 5.91 Å². The van der Waals surface area contributed by atoms with Gasteiger partial charge < -0.3 is 11.1 Å². The molecular weight excluding hydrogens is 248 g/mol. The smallest absolute Gasteiger partial charge is 0.223 e. The van der Waals surface area contributed by atoms with E-state index < -0.39 is 0 Å². The van der Waals surface area contributed by atoms with Gasteiger partial charge in [0.05, 0.1) is 0 Å². The lowest BCUT2D eigenvalue weighted by Gasteiger charge is -2.24.